The van der Waals surface area contributed by atoms with Gasteiger partial charge in [-0.2, -0.15) is 13.2 Å². The van der Waals surface area contributed by atoms with Gasteiger partial charge in [0.15, 0.2) is 17.3 Å². The molecule has 0 spiro atoms. The number of halogens is 3. The van der Waals surface area contributed by atoms with Crippen LogP contribution in [0, 0.1) is 0 Å². The largest absolute Gasteiger partial charge is 0.493 e. The van der Waals surface area contributed by atoms with Crippen molar-refractivity contribution in [1.82, 2.24) is 0 Å². The number of ether oxygens (including phenoxy) is 2. The highest BCUT2D eigenvalue weighted by atomic mass is 19.4. The smallest absolute Gasteiger partial charge is 0.416 e. The minimum absolute atomic E-state index is 0.00158. The van der Waals surface area contributed by atoms with Crippen molar-refractivity contribution in [2.75, 3.05) is 7.11 Å². The first kappa shape index (κ1) is 20.4. The number of ketones is 1. The quantitative estimate of drug-likeness (QED) is 0.663. The SMILES string of the molecule is COc1ccccc1Oc1ccc(C(F)(F)F)cc1C(=O)C1=C(C(=O)O)CCC1. The number of carbonyl (C=O) groups is 2. The van der Waals surface area contributed by atoms with Crippen LogP contribution in [0.15, 0.2) is 53.6 Å². The molecule has 0 heterocycles. The molecule has 0 aromatic heterocycles. The number of Topliss-reactive ketones (excluding diaryl/α,β-unsaturated/α-hetero) is 1. The summed E-state index contributed by atoms with van der Waals surface area (Å²) in [5.74, 6) is -1.60. The molecule has 152 valence electrons. The molecule has 2 aromatic carbocycles. The van der Waals surface area contributed by atoms with Gasteiger partial charge in [-0.25, -0.2) is 4.79 Å². The van der Waals surface area contributed by atoms with Gasteiger partial charge in [-0.1, -0.05) is 12.1 Å². The number of hydrogen-bond donors (Lipinski definition) is 1. The number of methoxy groups -OCH3 is 1. The number of carbonyl (C=O) groups excluding carboxylic acids is 1. The Morgan fingerprint density at radius 1 is 0.966 bits per heavy atom. The van der Waals surface area contributed by atoms with E-state index in [1.54, 1.807) is 24.3 Å². The van der Waals surface area contributed by atoms with Crippen molar-refractivity contribution >= 4 is 11.8 Å². The number of para-hydroxylation sites is 2. The summed E-state index contributed by atoms with van der Waals surface area (Å²) >= 11 is 0. The molecule has 8 heteroatoms. The number of hydrogen-bond acceptors (Lipinski definition) is 4. The van der Waals surface area contributed by atoms with E-state index in [2.05, 4.69) is 0 Å². The average Bonchev–Trinajstić information content (AvgIpc) is 3.17. The Morgan fingerprint density at radius 3 is 2.24 bits per heavy atom. The second-order valence-corrected chi connectivity index (χ2v) is 6.41. The van der Waals surface area contributed by atoms with Crippen LogP contribution < -0.4 is 9.47 Å². The third-order valence-electron chi connectivity index (χ3n) is 4.59. The van der Waals surface area contributed by atoms with Crippen LogP contribution in [0.4, 0.5) is 13.2 Å². The van der Waals surface area contributed by atoms with Gasteiger partial charge in [0.05, 0.1) is 18.2 Å². The van der Waals surface area contributed by atoms with Crippen molar-refractivity contribution in [2.45, 2.75) is 25.4 Å². The molecular weight excluding hydrogens is 389 g/mol. The fourth-order valence-electron chi connectivity index (χ4n) is 3.19. The second kappa shape index (κ2) is 7.98. The van der Waals surface area contributed by atoms with Crippen LogP contribution in [0.3, 0.4) is 0 Å². The summed E-state index contributed by atoms with van der Waals surface area (Å²) < 4.78 is 50.5. The topological polar surface area (TPSA) is 72.8 Å². The van der Waals surface area contributed by atoms with E-state index in [4.69, 9.17) is 9.47 Å². The highest BCUT2D eigenvalue weighted by Crippen LogP contribution is 2.39. The van der Waals surface area contributed by atoms with Gasteiger partial charge in [0.1, 0.15) is 5.75 Å². The lowest BCUT2D eigenvalue weighted by Crippen LogP contribution is -2.12. The summed E-state index contributed by atoms with van der Waals surface area (Å²) in [4.78, 5) is 24.4. The molecule has 1 aliphatic carbocycles. The fourth-order valence-corrected chi connectivity index (χ4v) is 3.19. The highest BCUT2D eigenvalue weighted by molar-refractivity contribution is 6.14. The Hall–Kier alpha value is -3.29. The monoisotopic (exact) mass is 406 g/mol. The minimum Gasteiger partial charge on any atom is -0.493 e. The molecular formula is C21H17F3O5. The van der Waals surface area contributed by atoms with Gasteiger partial charge in [-0.3, -0.25) is 4.79 Å². The van der Waals surface area contributed by atoms with Gasteiger partial charge in [0, 0.05) is 11.1 Å². The molecule has 0 fully saturated rings. The number of alkyl halides is 3. The lowest BCUT2D eigenvalue weighted by Gasteiger charge is -2.16. The number of rotatable bonds is 6. The number of benzene rings is 2. The first-order valence-corrected chi connectivity index (χ1v) is 8.74. The van der Waals surface area contributed by atoms with Crippen molar-refractivity contribution in [3.63, 3.8) is 0 Å². The first-order valence-electron chi connectivity index (χ1n) is 8.74. The van der Waals surface area contributed by atoms with Crippen LogP contribution in [0.1, 0.15) is 35.2 Å². The molecule has 0 radical (unpaired) electrons. The normalized spacial score (nSPS) is 14.1. The van der Waals surface area contributed by atoms with Crippen molar-refractivity contribution in [3.8, 4) is 17.2 Å². The maximum Gasteiger partial charge on any atom is 0.416 e. The van der Waals surface area contributed by atoms with E-state index in [9.17, 15) is 27.9 Å². The maximum atomic E-state index is 13.2. The van der Waals surface area contributed by atoms with Gasteiger partial charge in [0.25, 0.3) is 0 Å². The Labute approximate surface area is 164 Å². The Morgan fingerprint density at radius 2 is 1.62 bits per heavy atom. The summed E-state index contributed by atoms with van der Waals surface area (Å²) in [5.41, 5.74) is -1.44. The van der Waals surface area contributed by atoms with E-state index in [-0.39, 0.29) is 41.1 Å². The molecule has 1 N–H and O–H groups in total. The fraction of sp³-hybridized carbons (Fsp3) is 0.238. The van der Waals surface area contributed by atoms with E-state index in [1.165, 1.54) is 7.11 Å². The van der Waals surface area contributed by atoms with Crippen molar-refractivity contribution in [3.05, 3.63) is 64.7 Å². The van der Waals surface area contributed by atoms with Crippen LogP contribution in [0.5, 0.6) is 17.2 Å². The molecule has 0 saturated heterocycles. The predicted molar refractivity (Wildman–Crippen MR) is 97.4 cm³/mol. The van der Waals surface area contributed by atoms with Crippen molar-refractivity contribution < 1.29 is 37.3 Å². The van der Waals surface area contributed by atoms with Gasteiger partial charge in [-0.05, 0) is 49.6 Å². The summed E-state index contributed by atoms with van der Waals surface area (Å²) in [5, 5.41) is 9.30. The minimum atomic E-state index is -4.67. The molecule has 0 bridgehead atoms. The lowest BCUT2D eigenvalue weighted by atomic mass is 9.97. The number of carboxylic acid groups (broad SMARTS) is 1. The Bertz CT molecular complexity index is 992. The summed E-state index contributed by atoms with van der Waals surface area (Å²) in [7, 11) is 1.41. The standard InChI is InChI=1S/C21H17F3O5/c1-28-17-7-2-3-8-18(17)29-16-10-9-12(21(22,23)24)11-15(16)19(25)13-5-4-6-14(13)20(26)27/h2-3,7-11H,4-6H2,1H3,(H,26,27). The van der Waals surface area contributed by atoms with Crippen molar-refractivity contribution in [2.24, 2.45) is 0 Å². The lowest BCUT2D eigenvalue weighted by molar-refractivity contribution is -0.137. The average molecular weight is 406 g/mol. The molecule has 0 atom stereocenters. The second-order valence-electron chi connectivity index (χ2n) is 6.41. The number of carboxylic acids is 1. The van der Waals surface area contributed by atoms with Gasteiger partial charge in [-0.15, -0.1) is 0 Å². The van der Waals surface area contributed by atoms with Gasteiger partial charge in [0.2, 0.25) is 0 Å². The molecule has 2 aromatic rings. The van der Waals surface area contributed by atoms with E-state index < -0.39 is 23.5 Å². The summed E-state index contributed by atoms with van der Waals surface area (Å²) in [6.45, 7) is 0. The van der Waals surface area contributed by atoms with E-state index >= 15 is 0 Å². The highest BCUT2D eigenvalue weighted by Gasteiger charge is 2.34. The molecule has 3 rings (SSSR count). The zero-order valence-electron chi connectivity index (χ0n) is 15.4. The van der Waals surface area contributed by atoms with Crippen LogP contribution >= 0.6 is 0 Å². The van der Waals surface area contributed by atoms with Crippen LogP contribution in [-0.4, -0.2) is 24.0 Å². The zero-order chi connectivity index (χ0) is 21.2. The molecule has 5 nitrogen and oxygen atoms in total. The third-order valence-corrected chi connectivity index (χ3v) is 4.59. The van der Waals surface area contributed by atoms with E-state index in [0.717, 1.165) is 12.1 Å². The van der Waals surface area contributed by atoms with Crippen LogP contribution in [0.2, 0.25) is 0 Å². The molecule has 0 aliphatic heterocycles. The molecule has 0 amide bonds. The van der Waals surface area contributed by atoms with E-state index in [0.29, 0.717) is 18.2 Å². The predicted octanol–water partition coefficient (Wildman–Crippen LogP) is 5.25. The molecule has 0 unspecified atom stereocenters. The van der Waals surface area contributed by atoms with Gasteiger partial charge < -0.3 is 14.6 Å². The molecule has 1 aliphatic rings. The van der Waals surface area contributed by atoms with Crippen molar-refractivity contribution in [1.29, 1.82) is 0 Å². The first-order chi connectivity index (χ1) is 13.7. The van der Waals surface area contributed by atoms with Crippen LogP contribution in [0.25, 0.3) is 0 Å². The Balaban J connectivity index is 2.11. The van der Waals surface area contributed by atoms with Crippen LogP contribution in [-0.2, 0) is 11.0 Å². The zero-order valence-corrected chi connectivity index (χ0v) is 15.4. The maximum absolute atomic E-state index is 13.2. The molecule has 29 heavy (non-hydrogen) atoms. The molecule has 0 saturated carbocycles. The third kappa shape index (κ3) is 4.26. The van der Waals surface area contributed by atoms with E-state index in [1.807, 2.05) is 0 Å². The Kier molecular flexibility index (Phi) is 5.63. The number of aliphatic carboxylic acids is 1. The summed E-state index contributed by atoms with van der Waals surface area (Å²) in [6, 6.07) is 9.03. The number of allylic oxidation sites excluding steroid dienone is 1. The summed E-state index contributed by atoms with van der Waals surface area (Å²) in [6.07, 6.45) is -3.84. The van der Waals surface area contributed by atoms with Gasteiger partial charge >= 0.3 is 12.1 Å².